The summed E-state index contributed by atoms with van der Waals surface area (Å²) in [5, 5.41) is 1.10. The van der Waals surface area contributed by atoms with E-state index in [0.717, 1.165) is 39.5 Å². The number of halogens is 2. The molecule has 0 aliphatic carbocycles. The number of hydrogen-bond acceptors (Lipinski definition) is 4. The third kappa shape index (κ3) is 3.95. The zero-order valence-corrected chi connectivity index (χ0v) is 20.0. The maximum atomic E-state index is 6.56. The van der Waals surface area contributed by atoms with Crippen LogP contribution >= 0.6 is 47.2 Å². The number of hydrogen-bond donors (Lipinski definition) is 1. The quantitative estimate of drug-likeness (QED) is 0.204. The fraction of sp³-hybridized carbons (Fsp3) is 0.0417. The second-order valence-corrected chi connectivity index (χ2v) is 9.19. The molecule has 0 atom stereocenters. The SMILES string of the molecule is CSc1ccc(-c2cc(-c3c(-c4ccc(Cl)cc4Cl)nc4ccccn34)[nH]c(=S)n2)cc1. The number of fused-ring (bicyclic) bond motifs is 1. The Morgan fingerprint density at radius 2 is 1.78 bits per heavy atom. The molecule has 2 aromatic carbocycles. The molecule has 32 heavy (non-hydrogen) atoms. The monoisotopic (exact) mass is 494 g/mol. The van der Waals surface area contributed by atoms with Crippen molar-refractivity contribution in [2.24, 2.45) is 0 Å². The maximum absolute atomic E-state index is 6.56. The van der Waals surface area contributed by atoms with E-state index in [2.05, 4.69) is 40.5 Å². The van der Waals surface area contributed by atoms with E-state index in [1.807, 2.05) is 47.0 Å². The van der Waals surface area contributed by atoms with Gasteiger partial charge in [0.2, 0.25) is 0 Å². The predicted molar refractivity (Wildman–Crippen MR) is 136 cm³/mol. The largest absolute Gasteiger partial charge is 0.329 e. The van der Waals surface area contributed by atoms with Crippen LogP contribution in [0.2, 0.25) is 10.0 Å². The smallest absolute Gasteiger partial charge is 0.197 e. The second kappa shape index (κ2) is 8.71. The molecule has 1 N–H and O–H groups in total. The average Bonchev–Trinajstić information content (AvgIpc) is 3.18. The van der Waals surface area contributed by atoms with Gasteiger partial charge in [0.1, 0.15) is 11.3 Å². The van der Waals surface area contributed by atoms with E-state index >= 15 is 0 Å². The number of aromatic nitrogens is 4. The van der Waals surface area contributed by atoms with Gasteiger partial charge in [-0.15, -0.1) is 11.8 Å². The first-order valence-corrected chi connectivity index (χ1v) is 12.1. The van der Waals surface area contributed by atoms with E-state index in [-0.39, 0.29) is 0 Å². The van der Waals surface area contributed by atoms with Gasteiger partial charge in [-0.25, -0.2) is 9.97 Å². The molecule has 0 radical (unpaired) electrons. The van der Waals surface area contributed by atoms with Gasteiger partial charge in [-0.2, -0.15) is 0 Å². The Morgan fingerprint density at radius 1 is 0.969 bits per heavy atom. The van der Waals surface area contributed by atoms with Gasteiger partial charge < -0.3 is 4.98 Å². The van der Waals surface area contributed by atoms with Crippen LogP contribution < -0.4 is 0 Å². The molecule has 0 fully saturated rings. The van der Waals surface area contributed by atoms with E-state index in [1.165, 1.54) is 4.90 Å². The summed E-state index contributed by atoms with van der Waals surface area (Å²) in [6, 6.07) is 21.5. The fourth-order valence-corrected chi connectivity index (χ4v) is 4.73. The van der Waals surface area contributed by atoms with Crippen LogP contribution in [-0.2, 0) is 0 Å². The van der Waals surface area contributed by atoms with Crippen LogP contribution in [0.1, 0.15) is 0 Å². The first-order chi connectivity index (χ1) is 15.5. The van der Waals surface area contributed by atoms with Crippen molar-refractivity contribution in [1.82, 2.24) is 19.4 Å². The summed E-state index contributed by atoms with van der Waals surface area (Å²) in [6.07, 6.45) is 4.02. The molecule has 0 bridgehead atoms. The van der Waals surface area contributed by atoms with E-state index in [9.17, 15) is 0 Å². The molecule has 8 heteroatoms. The molecule has 0 spiro atoms. The number of aromatic amines is 1. The molecule has 5 rings (SSSR count). The molecule has 0 unspecified atom stereocenters. The Bertz CT molecular complexity index is 1510. The van der Waals surface area contributed by atoms with Crippen molar-refractivity contribution < 1.29 is 0 Å². The molecule has 3 heterocycles. The minimum atomic E-state index is 0.394. The highest BCUT2D eigenvalue weighted by atomic mass is 35.5. The number of benzene rings is 2. The van der Waals surface area contributed by atoms with Crippen molar-refractivity contribution in [3.63, 3.8) is 0 Å². The minimum Gasteiger partial charge on any atom is -0.329 e. The lowest BCUT2D eigenvalue weighted by Crippen LogP contribution is -1.96. The topological polar surface area (TPSA) is 46.0 Å². The highest BCUT2D eigenvalue weighted by Crippen LogP contribution is 2.37. The van der Waals surface area contributed by atoms with Crippen molar-refractivity contribution in [1.29, 1.82) is 0 Å². The zero-order chi connectivity index (χ0) is 22.2. The molecule has 0 saturated carbocycles. The van der Waals surface area contributed by atoms with Crippen LogP contribution in [0.3, 0.4) is 0 Å². The Hall–Kier alpha value is -2.64. The second-order valence-electron chi connectivity index (χ2n) is 7.08. The summed E-state index contributed by atoms with van der Waals surface area (Å²) in [5.74, 6) is 0. The van der Waals surface area contributed by atoms with Crippen LogP contribution in [0.25, 0.3) is 39.5 Å². The van der Waals surface area contributed by atoms with Crippen molar-refractivity contribution >= 4 is 52.8 Å². The third-order valence-corrected chi connectivity index (χ3v) is 6.59. The first-order valence-electron chi connectivity index (χ1n) is 9.72. The zero-order valence-electron chi connectivity index (χ0n) is 16.8. The normalized spacial score (nSPS) is 11.2. The minimum absolute atomic E-state index is 0.394. The molecular formula is C24H16Cl2N4S2. The van der Waals surface area contributed by atoms with Gasteiger partial charge in [-0.3, -0.25) is 4.40 Å². The Labute approximate surface area is 204 Å². The van der Waals surface area contributed by atoms with Crippen LogP contribution in [0.15, 0.2) is 77.8 Å². The van der Waals surface area contributed by atoms with E-state index in [4.69, 9.17) is 40.4 Å². The molecule has 0 aliphatic heterocycles. The van der Waals surface area contributed by atoms with Gasteiger partial charge in [0, 0.05) is 27.2 Å². The number of imidazole rings is 1. The van der Waals surface area contributed by atoms with Crippen LogP contribution in [0.4, 0.5) is 0 Å². The lowest BCUT2D eigenvalue weighted by Gasteiger charge is -2.10. The van der Waals surface area contributed by atoms with Crippen molar-refractivity contribution in [3.05, 3.63) is 87.7 Å². The van der Waals surface area contributed by atoms with Crippen LogP contribution in [-0.4, -0.2) is 25.6 Å². The van der Waals surface area contributed by atoms with Gasteiger partial charge in [-0.05, 0) is 67.0 Å². The molecule has 4 nitrogen and oxygen atoms in total. The van der Waals surface area contributed by atoms with Crippen LogP contribution in [0.5, 0.6) is 0 Å². The number of thioether (sulfide) groups is 1. The molecule has 3 aromatic heterocycles. The standard InChI is InChI=1S/C24H16Cl2N4S2/c1-32-16-8-5-14(6-9-16)19-13-20(28-24(31)27-19)23-22(17-10-7-15(25)12-18(17)26)29-21-4-2-3-11-30(21)23/h2-13H,1H3,(H,27,28,31). The van der Waals surface area contributed by atoms with Crippen molar-refractivity contribution in [3.8, 4) is 33.9 Å². The maximum Gasteiger partial charge on any atom is 0.197 e. The highest BCUT2D eigenvalue weighted by Gasteiger charge is 2.19. The summed E-state index contributed by atoms with van der Waals surface area (Å²) in [7, 11) is 0. The summed E-state index contributed by atoms with van der Waals surface area (Å²) >= 11 is 19.9. The highest BCUT2D eigenvalue weighted by molar-refractivity contribution is 7.98. The number of pyridine rings is 1. The summed E-state index contributed by atoms with van der Waals surface area (Å²) in [6.45, 7) is 0. The lowest BCUT2D eigenvalue weighted by atomic mass is 10.1. The van der Waals surface area contributed by atoms with E-state index in [1.54, 1.807) is 17.8 Å². The lowest BCUT2D eigenvalue weighted by molar-refractivity contribution is 1.11. The van der Waals surface area contributed by atoms with E-state index in [0.29, 0.717) is 14.8 Å². The molecule has 0 saturated heterocycles. The fourth-order valence-electron chi connectivity index (χ4n) is 3.62. The average molecular weight is 495 g/mol. The number of nitrogens with zero attached hydrogens (tertiary/aromatic N) is 3. The number of rotatable bonds is 4. The Kier molecular flexibility index (Phi) is 5.78. The third-order valence-electron chi connectivity index (χ3n) is 5.10. The molecule has 158 valence electrons. The summed E-state index contributed by atoms with van der Waals surface area (Å²) in [5.41, 5.74) is 5.74. The van der Waals surface area contributed by atoms with Crippen LogP contribution in [0, 0.1) is 4.77 Å². The Morgan fingerprint density at radius 3 is 2.53 bits per heavy atom. The Balaban J connectivity index is 1.76. The van der Waals surface area contributed by atoms with Gasteiger partial charge in [-0.1, -0.05) is 41.4 Å². The molecule has 0 amide bonds. The van der Waals surface area contributed by atoms with Gasteiger partial charge >= 0.3 is 0 Å². The molecular weight excluding hydrogens is 479 g/mol. The van der Waals surface area contributed by atoms with Crippen molar-refractivity contribution in [2.75, 3.05) is 6.26 Å². The van der Waals surface area contributed by atoms with E-state index < -0.39 is 0 Å². The molecule has 0 aliphatic rings. The first kappa shape index (κ1) is 21.2. The molecule has 5 aromatic rings. The summed E-state index contributed by atoms with van der Waals surface area (Å²) in [4.78, 5) is 13.9. The van der Waals surface area contributed by atoms with Crippen molar-refractivity contribution in [2.45, 2.75) is 4.90 Å². The number of nitrogens with one attached hydrogen (secondary N) is 1. The van der Waals surface area contributed by atoms with Gasteiger partial charge in [0.25, 0.3) is 0 Å². The predicted octanol–water partition coefficient (Wildman–Crippen LogP) is 7.82. The number of H-pyrrole nitrogens is 1. The summed E-state index contributed by atoms with van der Waals surface area (Å²) < 4.78 is 2.41. The van der Waals surface area contributed by atoms with Gasteiger partial charge in [0.05, 0.1) is 22.1 Å². The van der Waals surface area contributed by atoms with Gasteiger partial charge in [0.15, 0.2) is 4.77 Å².